The van der Waals surface area contributed by atoms with Gasteiger partial charge in [-0.3, -0.25) is 9.59 Å². The van der Waals surface area contributed by atoms with E-state index in [1.54, 1.807) is 0 Å². The number of hydrogen-bond acceptors (Lipinski definition) is 2. The van der Waals surface area contributed by atoms with Crippen LogP contribution in [-0.4, -0.2) is 34.3 Å². The lowest BCUT2D eigenvalue weighted by molar-refractivity contribution is -0.164. The average Bonchev–Trinajstić information content (AvgIpc) is 3.18. The van der Waals surface area contributed by atoms with Crippen molar-refractivity contribution in [3.05, 3.63) is 0 Å². The normalized spacial score (nSPS) is 32.1. The Hall–Kier alpha value is -1.06. The molecular formula is C17H28N2O2. The molecule has 0 aromatic heterocycles. The third-order valence-electron chi connectivity index (χ3n) is 5.79. The maximum atomic E-state index is 13.2. The van der Waals surface area contributed by atoms with Crippen LogP contribution >= 0.6 is 0 Å². The lowest BCUT2D eigenvalue weighted by atomic mass is 9.81. The first-order chi connectivity index (χ1) is 9.90. The summed E-state index contributed by atoms with van der Waals surface area (Å²) in [4.78, 5) is 28.0. The van der Waals surface area contributed by atoms with Gasteiger partial charge in [-0.1, -0.05) is 26.7 Å². The molecule has 0 bridgehead atoms. The van der Waals surface area contributed by atoms with Crippen LogP contribution in [0.3, 0.4) is 0 Å². The van der Waals surface area contributed by atoms with Crippen molar-refractivity contribution in [2.75, 3.05) is 6.54 Å². The first kappa shape index (κ1) is 14.9. The summed E-state index contributed by atoms with van der Waals surface area (Å²) in [5.41, 5.74) is -1.19. The van der Waals surface area contributed by atoms with Gasteiger partial charge in [0, 0.05) is 6.54 Å². The standard InChI is InChI=1S/C17H28N2O2/c1-12(2)8-11-19-15(21)17(9-4-5-10-17)18-14(20)16(19,3)13-6-7-13/h12-13H,4-11H2,1-3H3,(H,18,20). The van der Waals surface area contributed by atoms with Gasteiger partial charge in [-0.05, 0) is 50.9 Å². The fourth-order valence-corrected chi connectivity index (χ4v) is 4.08. The third-order valence-corrected chi connectivity index (χ3v) is 5.79. The van der Waals surface area contributed by atoms with Crippen molar-refractivity contribution in [3.8, 4) is 0 Å². The maximum Gasteiger partial charge on any atom is 0.249 e. The topological polar surface area (TPSA) is 49.4 Å². The smallest absolute Gasteiger partial charge is 0.249 e. The Morgan fingerprint density at radius 2 is 1.86 bits per heavy atom. The van der Waals surface area contributed by atoms with Gasteiger partial charge < -0.3 is 10.2 Å². The number of nitrogens with one attached hydrogen (secondary N) is 1. The molecule has 21 heavy (non-hydrogen) atoms. The summed E-state index contributed by atoms with van der Waals surface area (Å²) >= 11 is 0. The van der Waals surface area contributed by atoms with Crippen LogP contribution in [-0.2, 0) is 9.59 Å². The molecule has 3 fully saturated rings. The van der Waals surface area contributed by atoms with E-state index in [9.17, 15) is 9.59 Å². The molecule has 1 spiro atoms. The molecule has 1 aliphatic heterocycles. The van der Waals surface area contributed by atoms with Crippen LogP contribution in [0.2, 0.25) is 0 Å². The highest BCUT2D eigenvalue weighted by Gasteiger charge is 2.61. The monoisotopic (exact) mass is 292 g/mol. The zero-order chi connectivity index (χ0) is 15.3. The van der Waals surface area contributed by atoms with Crippen LogP contribution in [0.5, 0.6) is 0 Å². The molecule has 2 saturated carbocycles. The number of rotatable bonds is 4. The Bertz CT molecular complexity index is 450. The number of piperazine rings is 1. The fraction of sp³-hybridized carbons (Fsp3) is 0.882. The quantitative estimate of drug-likeness (QED) is 0.865. The van der Waals surface area contributed by atoms with E-state index in [-0.39, 0.29) is 11.8 Å². The van der Waals surface area contributed by atoms with Crippen LogP contribution in [0.1, 0.15) is 65.7 Å². The minimum Gasteiger partial charge on any atom is -0.340 e. The second-order valence-electron chi connectivity index (χ2n) is 7.80. The van der Waals surface area contributed by atoms with E-state index in [0.29, 0.717) is 11.8 Å². The molecule has 0 radical (unpaired) electrons. The molecule has 4 heteroatoms. The Kier molecular flexibility index (Phi) is 3.53. The van der Waals surface area contributed by atoms with E-state index in [2.05, 4.69) is 19.2 Å². The van der Waals surface area contributed by atoms with Gasteiger partial charge in [0.25, 0.3) is 0 Å². The molecule has 3 aliphatic rings. The summed E-state index contributed by atoms with van der Waals surface area (Å²) < 4.78 is 0. The molecule has 1 atom stereocenters. The molecule has 1 saturated heterocycles. The summed E-state index contributed by atoms with van der Waals surface area (Å²) in [5.74, 6) is 1.18. The SMILES string of the molecule is CC(C)CCN1C(=O)C2(CCCC2)NC(=O)C1(C)C1CC1. The van der Waals surface area contributed by atoms with E-state index in [4.69, 9.17) is 0 Å². The number of nitrogens with zero attached hydrogens (tertiary/aromatic N) is 1. The zero-order valence-corrected chi connectivity index (χ0v) is 13.6. The summed E-state index contributed by atoms with van der Waals surface area (Å²) in [7, 11) is 0. The third kappa shape index (κ3) is 2.27. The predicted molar refractivity (Wildman–Crippen MR) is 81.6 cm³/mol. The van der Waals surface area contributed by atoms with Crippen LogP contribution in [0.15, 0.2) is 0 Å². The lowest BCUT2D eigenvalue weighted by Gasteiger charge is -2.51. The van der Waals surface area contributed by atoms with Crippen molar-refractivity contribution in [1.82, 2.24) is 10.2 Å². The van der Waals surface area contributed by atoms with Gasteiger partial charge in [0.05, 0.1) is 0 Å². The van der Waals surface area contributed by atoms with Gasteiger partial charge in [-0.15, -0.1) is 0 Å². The Balaban J connectivity index is 1.90. The van der Waals surface area contributed by atoms with Gasteiger partial charge >= 0.3 is 0 Å². The van der Waals surface area contributed by atoms with Crippen molar-refractivity contribution in [3.63, 3.8) is 0 Å². The number of hydrogen-bond donors (Lipinski definition) is 1. The second-order valence-corrected chi connectivity index (χ2v) is 7.80. The number of amides is 2. The van der Waals surface area contributed by atoms with E-state index >= 15 is 0 Å². The van der Waals surface area contributed by atoms with Crippen molar-refractivity contribution >= 4 is 11.8 Å². The summed E-state index contributed by atoms with van der Waals surface area (Å²) in [5, 5.41) is 3.14. The molecule has 1 unspecified atom stereocenters. The molecule has 118 valence electrons. The highest BCUT2D eigenvalue weighted by Crippen LogP contribution is 2.48. The van der Waals surface area contributed by atoms with E-state index in [0.717, 1.165) is 51.5 Å². The number of carbonyl (C=O) groups is 2. The summed E-state index contributed by atoms with van der Waals surface area (Å²) in [6, 6.07) is 0. The highest BCUT2D eigenvalue weighted by molar-refractivity contribution is 6.02. The largest absolute Gasteiger partial charge is 0.340 e. The van der Waals surface area contributed by atoms with Crippen molar-refractivity contribution in [2.45, 2.75) is 76.8 Å². The predicted octanol–water partition coefficient (Wildman–Crippen LogP) is 2.47. The number of carbonyl (C=O) groups excluding carboxylic acids is 2. The van der Waals surface area contributed by atoms with Crippen molar-refractivity contribution in [1.29, 1.82) is 0 Å². The first-order valence-corrected chi connectivity index (χ1v) is 8.55. The minimum absolute atomic E-state index is 0.0928. The Labute approximate surface area is 127 Å². The summed E-state index contributed by atoms with van der Waals surface area (Å²) in [6.45, 7) is 7.06. The van der Waals surface area contributed by atoms with Crippen LogP contribution < -0.4 is 5.32 Å². The van der Waals surface area contributed by atoms with Gasteiger partial charge in [-0.2, -0.15) is 0 Å². The molecule has 0 aromatic carbocycles. The van der Waals surface area contributed by atoms with Crippen LogP contribution in [0.25, 0.3) is 0 Å². The van der Waals surface area contributed by atoms with Crippen LogP contribution in [0, 0.1) is 11.8 Å². The lowest BCUT2D eigenvalue weighted by Crippen LogP contribution is -2.75. The Morgan fingerprint density at radius 1 is 1.24 bits per heavy atom. The first-order valence-electron chi connectivity index (χ1n) is 8.55. The van der Waals surface area contributed by atoms with E-state index in [1.807, 2.05) is 11.8 Å². The second kappa shape index (κ2) is 4.99. The van der Waals surface area contributed by atoms with Crippen molar-refractivity contribution in [2.24, 2.45) is 11.8 Å². The average molecular weight is 292 g/mol. The van der Waals surface area contributed by atoms with E-state index < -0.39 is 11.1 Å². The Morgan fingerprint density at radius 3 is 2.38 bits per heavy atom. The molecular weight excluding hydrogens is 264 g/mol. The van der Waals surface area contributed by atoms with Crippen LogP contribution in [0.4, 0.5) is 0 Å². The molecule has 0 aromatic rings. The molecule has 2 aliphatic carbocycles. The summed E-state index contributed by atoms with van der Waals surface area (Å²) in [6.07, 6.45) is 6.84. The van der Waals surface area contributed by atoms with Gasteiger partial charge in [0.2, 0.25) is 11.8 Å². The van der Waals surface area contributed by atoms with Gasteiger partial charge in [0.15, 0.2) is 0 Å². The molecule has 3 rings (SSSR count). The van der Waals surface area contributed by atoms with E-state index in [1.165, 1.54) is 0 Å². The fourth-order valence-electron chi connectivity index (χ4n) is 4.08. The molecule has 1 N–H and O–H groups in total. The molecule has 1 heterocycles. The highest BCUT2D eigenvalue weighted by atomic mass is 16.2. The molecule has 2 amide bonds. The molecule has 4 nitrogen and oxygen atoms in total. The minimum atomic E-state index is -0.611. The van der Waals surface area contributed by atoms with Crippen molar-refractivity contribution < 1.29 is 9.59 Å². The maximum absolute atomic E-state index is 13.2. The zero-order valence-electron chi connectivity index (χ0n) is 13.6. The van der Waals surface area contributed by atoms with Gasteiger partial charge in [0.1, 0.15) is 11.1 Å². The van der Waals surface area contributed by atoms with Gasteiger partial charge in [-0.25, -0.2) is 0 Å².